The molecule has 0 radical (unpaired) electrons. The minimum Gasteiger partial charge on any atom is -0.506 e. The second-order valence-electron chi connectivity index (χ2n) is 5.28. The van der Waals surface area contributed by atoms with Crippen LogP contribution in [0.1, 0.15) is 35.8 Å². The molecule has 0 spiro atoms. The maximum Gasteiger partial charge on any atom is 0.225 e. The van der Waals surface area contributed by atoms with Gasteiger partial charge in [0.1, 0.15) is 22.8 Å². The van der Waals surface area contributed by atoms with Gasteiger partial charge in [-0.3, -0.25) is 4.79 Å². The third-order valence-corrected chi connectivity index (χ3v) is 3.83. The number of ether oxygens (including phenoxy) is 2. The highest BCUT2D eigenvalue weighted by Gasteiger charge is 2.25. The normalized spacial score (nSPS) is 10.5. The molecule has 0 aliphatic heterocycles. The van der Waals surface area contributed by atoms with Gasteiger partial charge in [0.25, 0.3) is 0 Å². The van der Waals surface area contributed by atoms with Crippen LogP contribution < -0.4 is 9.47 Å². The second kappa shape index (κ2) is 7.68. The molecule has 0 aliphatic rings. The molecule has 0 saturated carbocycles. The van der Waals surface area contributed by atoms with Gasteiger partial charge in [0, 0.05) is 0 Å². The van der Waals surface area contributed by atoms with Gasteiger partial charge < -0.3 is 19.7 Å². The van der Waals surface area contributed by atoms with E-state index in [0.717, 1.165) is 12.8 Å². The number of hydrogen-bond donors (Lipinski definition) is 2. The number of pyridine rings is 1. The van der Waals surface area contributed by atoms with Crippen molar-refractivity contribution < 1.29 is 24.5 Å². The molecule has 6 nitrogen and oxygen atoms in total. The molecular weight excluding hydrogens is 310 g/mol. The third kappa shape index (κ3) is 3.13. The number of carbonyl (C=O) groups is 1. The molecule has 128 valence electrons. The smallest absolute Gasteiger partial charge is 0.225 e. The van der Waals surface area contributed by atoms with E-state index in [1.165, 1.54) is 14.2 Å². The number of nitrogens with zero attached hydrogens (tertiary/aromatic N) is 1. The number of aldehydes is 1. The molecule has 24 heavy (non-hydrogen) atoms. The fourth-order valence-electron chi connectivity index (χ4n) is 2.62. The molecule has 1 aromatic heterocycles. The summed E-state index contributed by atoms with van der Waals surface area (Å²) in [7, 11) is 3.02. The first-order valence-electron chi connectivity index (χ1n) is 7.70. The highest BCUT2D eigenvalue weighted by Crippen LogP contribution is 2.46. The first kappa shape index (κ1) is 17.6. The molecule has 0 bridgehead atoms. The molecule has 0 unspecified atom stereocenters. The number of benzene rings is 1. The van der Waals surface area contributed by atoms with E-state index in [4.69, 9.17) is 9.47 Å². The Morgan fingerprint density at radius 1 is 1.12 bits per heavy atom. The molecule has 1 aromatic carbocycles. The van der Waals surface area contributed by atoms with Crippen LogP contribution in [0.3, 0.4) is 0 Å². The van der Waals surface area contributed by atoms with E-state index in [9.17, 15) is 15.0 Å². The number of rotatable bonds is 7. The Kier molecular flexibility index (Phi) is 5.63. The number of aromatic nitrogens is 1. The van der Waals surface area contributed by atoms with E-state index >= 15 is 0 Å². The van der Waals surface area contributed by atoms with Crippen molar-refractivity contribution in [3.63, 3.8) is 0 Å². The van der Waals surface area contributed by atoms with Crippen molar-refractivity contribution in [1.82, 2.24) is 4.98 Å². The van der Waals surface area contributed by atoms with Gasteiger partial charge in [-0.25, -0.2) is 4.98 Å². The average Bonchev–Trinajstić information content (AvgIpc) is 2.59. The third-order valence-electron chi connectivity index (χ3n) is 3.83. The summed E-state index contributed by atoms with van der Waals surface area (Å²) in [5.41, 5.74) is 1.08. The van der Waals surface area contributed by atoms with Crippen LogP contribution >= 0.6 is 0 Å². The fraction of sp³-hybridized carbons (Fsp3) is 0.333. The monoisotopic (exact) mass is 331 g/mol. The molecule has 2 N–H and O–H groups in total. The molecule has 0 fully saturated rings. The summed E-state index contributed by atoms with van der Waals surface area (Å²) in [5.74, 6) is 0.149. The van der Waals surface area contributed by atoms with E-state index in [1.54, 1.807) is 18.2 Å². The van der Waals surface area contributed by atoms with Crippen molar-refractivity contribution in [3.05, 3.63) is 29.5 Å². The highest BCUT2D eigenvalue weighted by molar-refractivity contribution is 5.92. The lowest BCUT2D eigenvalue weighted by atomic mass is 9.96. The number of unbranched alkanes of at least 4 members (excludes halogenated alkanes) is 1. The van der Waals surface area contributed by atoms with E-state index in [2.05, 4.69) is 4.98 Å². The van der Waals surface area contributed by atoms with Gasteiger partial charge in [-0.15, -0.1) is 0 Å². The van der Waals surface area contributed by atoms with Gasteiger partial charge in [-0.2, -0.15) is 0 Å². The van der Waals surface area contributed by atoms with Crippen molar-refractivity contribution >= 4 is 6.29 Å². The summed E-state index contributed by atoms with van der Waals surface area (Å²) in [6, 6.07) is 5.22. The van der Waals surface area contributed by atoms with Crippen molar-refractivity contribution in [2.24, 2.45) is 0 Å². The van der Waals surface area contributed by atoms with Crippen molar-refractivity contribution in [3.8, 4) is 34.3 Å². The zero-order valence-electron chi connectivity index (χ0n) is 14.0. The van der Waals surface area contributed by atoms with Crippen LogP contribution in [0.25, 0.3) is 11.1 Å². The lowest BCUT2D eigenvalue weighted by Gasteiger charge is -2.18. The van der Waals surface area contributed by atoms with Crippen LogP contribution in [0.2, 0.25) is 0 Å². The summed E-state index contributed by atoms with van der Waals surface area (Å²) >= 11 is 0. The van der Waals surface area contributed by atoms with Gasteiger partial charge in [-0.1, -0.05) is 19.4 Å². The van der Waals surface area contributed by atoms with Crippen LogP contribution in [-0.2, 0) is 6.42 Å². The summed E-state index contributed by atoms with van der Waals surface area (Å²) in [6.45, 7) is 2.03. The topological polar surface area (TPSA) is 88.9 Å². The first-order chi connectivity index (χ1) is 11.6. The maximum absolute atomic E-state index is 11.2. The Morgan fingerprint density at radius 2 is 1.75 bits per heavy atom. The first-order valence-corrected chi connectivity index (χ1v) is 7.70. The van der Waals surface area contributed by atoms with Crippen molar-refractivity contribution in [2.75, 3.05) is 14.2 Å². The standard InChI is InChI=1S/C18H21NO5/c1-4-5-7-12-15(17(21)11(10-20)18(22)19-12)16-13(23-2)8-6-9-14(16)24-3/h6,8-10H,4-5,7H2,1-3H3,(H2,19,21,22). The van der Waals surface area contributed by atoms with Gasteiger partial charge in [0.15, 0.2) is 6.29 Å². The molecule has 2 rings (SSSR count). The number of carbonyl (C=O) groups excluding carboxylic acids is 1. The van der Waals surface area contributed by atoms with Crippen LogP contribution in [0.15, 0.2) is 18.2 Å². The molecule has 1 heterocycles. The minimum atomic E-state index is -0.480. The van der Waals surface area contributed by atoms with E-state index in [1.807, 2.05) is 6.92 Å². The van der Waals surface area contributed by atoms with Crippen molar-refractivity contribution in [2.45, 2.75) is 26.2 Å². The molecule has 0 aliphatic carbocycles. The van der Waals surface area contributed by atoms with Crippen LogP contribution in [0, 0.1) is 0 Å². The number of methoxy groups -OCH3 is 2. The van der Waals surface area contributed by atoms with Gasteiger partial charge in [0.2, 0.25) is 5.88 Å². The minimum absolute atomic E-state index is 0.252. The van der Waals surface area contributed by atoms with Crippen LogP contribution in [0.5, 0.6) is 23.1 Å². The number of aryl methyl sites for hydroxylation is 1. The number of hydrogen-bond acceptors (Lipinski definition) is 6. The van der Waals surface area contributed by atoms with Crippen molar-refractivity contribution in [1.29, 1.82) is 0 Å². The molecular formula is C18H21NO5. The molecule has 6 heteroatoms. The zero-order valence-corrected chi connectivity index (χ0v) is 14.0. The predicted octanol–water partition coefficient (Wildman–Crippen LogP) is 3.33. The Morgan fingerprint density at radius 3 is 2.25 bits per heavy atom. The molecule has 0 amide bonds. The quantitative estimate of drug-likeness (QED) is 0.757. The van der Waals surface area contributed by atoms with Gasteiger partial charge >= 0.3 is 0 Å². The van der Waals surface area contributed by atoms with E-state index < -0.39 is 5.88 Å². The molecule has 0 saturated heterocycles. The van der Waals surface area contributed by atoms with E-state index in [-0.39, 0.29) is 11.3 Å². The van der Waals surface area contributed by atoms with E-state index in [0.29, 0.717) is 41.0 Å². The average molecular weight is 331 g/mol. The lowest BCUT2D eigenvalue weighted by Crippen LogP contribution is -2.02. The summed E-state index contributed by atoms with van der Waals surface area (Å²) < 4.78 is 10.8. The Balaban J connectivity index is 2.84. The fourth-order valence-corrected chi connectivity index (χ4v) is 2.62. The Labute approximate surface area is 140 Å². The maximum atomic E-state index is 11.2. The summed E-state index contributed by atoms with van der Waals surface area (Å²) in [4.78, 5) is 15.4. The van der Waals surface area contributed by atoms with Gasteiger partial charge in [0.05, 0.1) is 31.0 Å². The predicted molar refractivity (Wildman–Crippen MR) is 90.1 cm³/mol. The van der Waals surface area contributed by atoms with Gasteiger partial charge in [-0.05, 0) is 25.0 Å². The van der Waals surface area contributed by atoms with Crippen LogP contribution in [-0.4, -0.2) is 35.7 Å². The zero-order chi connectivity index (χ0) is 17.7. The largest absolute Gasteiger partial charge is 0.506 e. The lowest BCUT2D eigenvalue weighted by molar-refractivity contribution is 0.111. The van der Waals surface area contributed by atoms with Crippen LogP contribution in [0.4, 0.5) is 0 Å². The summed E-state index contributed by atoms with van der Waals surface area (Å²) in [6.07, 6.45) is 2.65. The molecule has 0 atom stereocenters. The SMILES string of the molecule is CCCCc1nc(O)c(C=O)c(O)c1-c1c(OC)cccc1OC. The second-order valence-corrected chi connectivity index (χ2v) is 5.28. The Bertz CT molecular complexity index is 720. The summed E-state index contributed by atoms with van der Waals surface area (Å²) in [5, 5.41) is 20.5. The Hall–Kier alpha value is -2.76. The molecule has 2 aromatic rings. The highest BCUT2D eigenvalue weighted by atomic mass is 16.5. The number of aromatic hydroxyl groups is 2.